The topological polar surface area (TPSA) is 73.9 Å². The first-order valence-electron chi connectivity index (χ1n) is 6.90. The molecule has 21 heavy (non-hydrogen) atoms. The molecule has 0 amide bonds. The molecule has 0 aromatic carbocycles. The highest BCUT2D eigenvalue weighted by atomic mass is 16.1. The van der Waals surface area contributed by atoms with E-state index in [0.29, 0.717) is 11.4 Å². The molecule has 0 aliphatic heterocycles. The van der Waals surface area contributed by atoms with Gasteiger partial charge in [0.25, 0.3) is 5.56 Å². The predicted octanol–water partition coefficient (Wildman–Crippen LogP) is 1.42. The molecule has 0 fully saturated rings. The van der Waals surface area contributed by atoms with Crippen LogP contribution in [0, 0.1) is 13.8 Å². The number of likely N-dealkylation sites (N-methyl/N-ethyl adjacent to an activating group) is 1. The fourth-order valence-corrected chi connectivity index (χ4v) is 1.83. The Bertz CT molecular complexity index is 661. The fraction of sp³-hybridized carbons (Fsp3) is 0.400. The van der Waals surface area contributed by atoms with E-state index in [0.717, 1.165) is 30.2 Å². The summed E-state index contributed by atoms with van der Waals surface area (Å²) in [6.07, 6.45) is 1.71. The van der Waals surface area contributed by atoms with E-state index in [-0.39, 0.29) is 5.56 Å². The Balaban J connectivity index is 2.14. The van der Waals surface area contributed by atoms with E-state index in [4.69, 9.17) is 0 Å². The maximum absolute atomic E-state index is 11.8. The Hall–Kier alpha value is -2.21. The van der Waals surface area contributed by atoms with Crippen LogP contribution in [0.3, 0.4) is 0 Å². The van der Waals surface area contributed by atoms with E-state index in [1.165, 1.54) is 0 Å². The van der Waals surface area contributed by atoms with Gasteiger partial charge in [0.1, 0.15) is 11.6 Å². The average molecular weight is 287 g/mol. The van der Waals surface area contributed by atoms with E-state index in [1.807, 2.05) is 33.2 Å². The summed E-state index contributed by atoms with van der Waals surface area (Å²) in [7, 11) is 4.06. The van der Waals surface area contributed by atoms with Gasteiger partial charge in [-0.25, -0.2) is 9.97 Å². The van der Waals surface area contributed by atoms with E-state index in [9.17, 15) is 4.79 Å². The van der Waals surface area contributed by atoms with Crippen molar-refractivity contribution in [3.05, 3.63) is 39.9 Å². The second-order valence-corrected chi connectivity index (χ2v) is 5.29. The molecule has 0 bridgehead atoms. The molecule has 2 aromatic rings. The van der Waals surface area contributed by atoms with Crippen molar-refractivity contribution in [2.75, 3.05) is 32.5 Å². The van der Waals surface area contributed by atoms with Crippen molar-refractivity contribution < 1.29 is 0 Å². The number of H-pyrrole nitrogens is 1. The molecule has 0 atom stereocenters. The van der Waals surface area contributed by atoms with Crippen LogP contribution >= 0.6 is 0 Å². The lowest BCUT2D eigenvalue weighted by Crippen LogP contribution is -2.21. The predicted molar refractivity (Wildman–Crippen MR) is 84.6 cm³/mol. The Morgan fingerprint density at radius 1 is 1.29 bits per heavy atom. The molecule has 0 saturated heterocycles. The van der Waals surface area contributed by atoms with Crippen molar-refractivity contribution in [2.45, 2.75) is 13.8 Å². The molecular formula is C15H21N5O. The molecule has 6 heteroatoms. The number of pyridine rings is 1. The lowest BCUT2D eigenvalue weighted by molar-refractivity contribution is 0.425. The van der Waals surface area contributed by atoms with Gasteiger partial charge in [-0.1, -0.05) is 0 Å². The van der Waals surface area contributed by atoms with E-state index < -0.39 is 0 Å². The Kier molecular flexibility index (Phi) is 4.70. The maximum atomic E-state index is 11.8. The van der Waals surface area contributed by atoms with Crippen LogP contribution in [-0.4, -0.2) is 47.0 Å². The quantitative estimate of drug-likeness (QED) is 0.870. The van der Waals surface area contributed by atoms with Gasteiger partial charge in [0, 0.05) is 36.1 Å². The second-order valence-electron chi connectivity index (χ2n) is 5.29. The summed E-state index contributed by atoms with van der Waals surface area (Å²) in [5, 5.41) is 3.24. The van der Waals surface area contributed by atoms with Crippen molar-refractivity contribution in [1.29, 1.82) is 0 Å². The van der Waals surface area contributed by atoms with Crippen LogP contribution in [0.5, 0.6) is 0 Å². The van der Waals surface area contributed by atoms with Crippen LogP contribution in [0.1, 0.15) is 11.3 Å². The van der Waals surface area contributed by atoms with Gasteiger partial charge in [-0.3, -0.25) is 4.79 Å². The first-order chi connectivity index (χ1) is 9.97. The second kappa shape index (κ2) is 6.49. The van der Waals surface area contributed by atoms with Gasteiger partial charge >= 0.3 is 0 Å². The molecule has 2 N–H and O–H groups in total. The van der Waals surface area contributed by atoms with Crippen molar-refractivity contribution in [3.8, 4) is 11.4 Å². The number of aromatic amines is 1. The summed E-state index contributed by atoms with van der Waals surface area (Å²) < 4.78 is 0. The summed E-state index contributed by atoms with van der Waals surface area (Å²) in [6, 6.07) is 3.79. The molecule has 0 aliphatic rings. The standard InChI is InChI=1S/C15H21N5O/c1-10-11(2)18-14(19-15(10)21)12-5-6-13(17-9-12)16-7-8-20(3)4/h5-6,9H,7-8H2,1-4H3,(H,16,17)(H,18,19,21). The van der Waals surface area contributed by atoms with Crippen LogP contribution < -0.4 is 10.9 Å². The minimum atomic E-state index is -0.106. The van der Waals surface area contributed by atoms with Crippen LogP contribution in [-0.2, 0) is 0 Å². The summed E-state index contributed by atoms with van der Waals surface area (Å²) in [5.41, 5.74) is 2.08. The Morgan fingerprint density at radius 3 is 2.62 bits per heavy atom. The molecule has 0 spiro atoms. The third-order valence-corrected chi connectivity index (χ3v) is 3.30. The Labute approximate surface area is 124 Å². The highest BCUT2D eigenvalue weighted by Gasteiger charge is 2.06. The number of aromatic nitrogens is 3. The van der Waals surface area contributed by atoms with Crippen molar-refractivity contribution in [3.63, 3.8) is 0 Å². The largest absolute Gasteiger partial charge is 0.369 e. The number of hydrogen-bond acceptors (Lipinski definition) is 5. The van der Waals surface area contributed by atoms with Crippen molar-refractivity contribution >= 4 is 5.82 Å². The van der Waals surface area contributed by atoms with Gasteiger partial charge in [-0.05, 0) is 40.1 Å². The normalized spacial score (nSPS) is 10.9. The summed E-state index contributed by atoms with van der Waals surface area (Å²) in [5.74, 6) is 1.36. The third-order valence-electron chi connectivity index (χ3n) is 3.30. The number of nitrogens with zero attached hydrogens (tertiary/aromatic N) is 3. The van der Waals surface area contributed by atoms with E-state index in [2.05, 4.69) is 25.2 Å². The SMILES string of the molecule is Cc1nc(-c2ccc(NCCN(C)C)nc2)[nH]c(=O)c1C. The maximum Gasteiger partial charge on any atom is 0.254 e. The van der Waals surface area contributed by atoms with Gasteiger partial charge in [0.2, 0.25) is 0 Å². The van der Waals surface area contributed by atoms with Gasteiger partial charge in [0.15, 0.2) is 0 Å². The van der Waals surface area contributed by atoms with Crippen LogP contribution in [0.2, 0.25) is 0 Å². The number of aryl methyl sites for hydroxylation is 1. The highest BCUT2D eigenvalue weighted by molar-refractivity contribution is 5.56. The van der Waals surface area contributed by atoms with E-state index in [1.54, 1.807) is 13.1 Å². The number of rotatable bonds is 5. The number of hydrogen-bond donors (Lipinski definition) is 2. The van der Waals surface area contributed by atoms with Gasteiger partial charge < -0.3 is 15.2 Å². The molecule has 2 rings (SSSR count). The monoisotopic (exact) mass is 287 g/mol. The smallest absolute Gasteiger partial charge is 0.254 e. The lowest BCUT2D eigenvalue weighted by atomic mass is 10.2. The molecule has 0 aliphatic carbocycles. The zero-order valence-electron chi connectivity index (χ0n) is 12.9. The summed E-state index contributed by atoms with van der Waals surface area (Å²) in [4.78, 5) is 25.4. The van der Waals surface area contributed by atoms with Crippen LogP contribution in [0.15, 0.2) is 23.1 Å². The molecule has 0 radical (unpaired) electrons. The van der Waals surface area contributed by atoms with Crippen molar-refractivity contribution in [1.82, 2.24) is 19.9 Å². The molecule has 6 nitrogen and oxygen atoms in total. The average Bonchev–Trinajstić information content (AvgIpc) is 2.44. The highest BCUT2D eigenvalue weighted by Crippen LogP contribution is 2.15. The minimum absolute atomic E-state index is 0.106. The molecule has 2 aromatic heterocycles. The molecule has 112 valence electrons. The van der Waals surface area contributed by atoms with Gasteiger partial charge in [-0.15, -0.1) is 0 Å². The van der Waals surface area contributed by atoms with Gasteiger partial charge in [0.05, 0.1) is 0 Å². The zero-order chi connectivity index (χ0) is 15.4. The molecule has 0 unspecified atom stereocenters. The first-order valence-corrected chi connectivity index (χ1v) is 6.90. The number of anilines is 1. The van der Waals surface area contributed by atoms with Crippen molar-refractivity contribution in [2.24, 2.45) is 0 Å². The third kappa shape index (κ3) is 3.88. The zero-order valence-corrected chi connectivity index (χ0v) is 12.9. The first kappa shape index (κ1) is 15.2. The van der Waals surface area contributed by atoms with Gasteiger partial charge in [-0.2, -0.15) is 0 Å². The number of nitrogens with one attached hydrogen (secondary N) is 2. The Morgan fingerprint density at radius 2 is 2.05 bits per heavy atom. The summed E-state index contributed by atoms with van der Waals surface area (Å²) >= 11 is 0. The van der Waals surface area contributed by atoms with E-state index >= 15 is 0 Å². The molecule has 0 saturated carbocycles. The van der Waals surface area contributed by atoms with Crippen LogP contribution in [0.25, 0.3) is 11.4 Å². The minimum Gasteiger partial charge on any atom is -0.369 e. The summed E-state index contributed by atoms with van der Waals surface area (Å²) in [6.45, 7) is 5.37. The molecule has 2 heterocycles. The lowest BCUT2D eigenvalue weighted by Gasteiger charge is -2.11. The van der Waals surface area contributed by atoms with Crippen LogP contribution in [0.4, 0.5) is 5.82 Å². The molecular weight excluding hydrogens is 266 g/mol. The fourth-order valence-electron chi connectivity index (χ4n) is 1.83.